The van der Waals surface area contributed by atoms with Gasteiger partial charge < -0.3 is 14.6 Å². The lowest BCUT2D eigenvalue weighted by Gasteiger charge is -2.14. The summed E-state index contributed by atoms with van der Waals surface area (Å²) in [6, 6.07) is 7.22. The zero-order valence-corrected chi connectivity index (χ0v) is 12.3. The second-order valence-corrected chi connectivity index (χ2v) is 5.41. The highest BCUT2D eigenvalue weighted by Gasteiger charge is 2.17. The number of halogens is 1. The summed E-state index contributed by atoms with van der Waals surface area (Å²) in [4.78, 5) is 0.810. The third-order valence-corrected chi connectivity index (χ3v) is 4.07. The Morgan fingerprint density at radius 1 is 1.21 bits per heavy atom. The first-order valence-electron chi connectivity index (χ1n) is 5.77. The van der Waals surface area contributed by atoms with Gasteiger partial charge in [-0.05, 0) is 35.2 Å². The Hall–Kier alpha value is -1.23. The minimum atomic E-state index is -0.637. The number of hydrogen-bond acceptors (Lipinski definition) is 4. The predicted molar refractivity (Wildman–Crippen MR) is 77.5 cm³/mol. The summed E-state index contributed by atoms with van der Waals surface area (Å²) in [6.45, 7) is 0. The molecule has 3 nitrogen and oxygen atoms in total. The van der Waals surface area contributed by atoms with Crippen LogP contribution in [-0.2, 0) is 6.42 Å². The highest BCUT2D eigenvalue weighted by molar-refractivity contribution is 7.10. The van der Waals surface area contributed by atoms with Crippen LogP contribution in [0.3, 0.4) is 0 Å². The van der Waals surface area contributed by atoms with Gasteiger partial charge >= 0.3 is 0 Å². The minimum Gasteiger partial charge on any atom is -0.496 e. The standard InChI is InChI=1S/C14H15ClO3S/c1-17-12-4-3-10(15)7-9(12)8-11(16)14-13(18-2)5-6-19-14/h3-7,11,16H,8H2,1-2H3. The number of benzene rings is 1. The predicted octanol–water partition coefficient (Wildman–Crippen LogP) is 3.69. The Balaban J connectivity index is 2.23. The Kier molecular flexibility index (Phi) is 4.69. The molecule has 0 amide bonds. The molecule has 0 aliphatic heterocycles. The molecule has 0 saturated heterocycles. The molecule has 0 bridgehead atoms. The first-order chi connectivity index (χ1) is 9.15. The number of aliphatic hydroxyl groups is 1. The first kappa shape index (κ1) is 14.2. The summed E-state index contributed by atoms with van der Waals surface area (Å²) < 4.78 is 10.5. The third-order valence-electron chi connectivity index (χ3n) is 2.84. The monoisotopic (exact) mass is 298 g/mol. The van der Waals surface area contributed by atoms with Crippen molar-refractivity contribution >= 4 is 22.9 Å². The number of rotatable bonds is 5. The van der Waals surface area contributed by atoms with Gasteiger partial charge in [0, 0.05) is 11.4 Å². The molecule has 102 valence electrons. The van der Waals surface area contributed by atoms with Crippen LogP contribution in [0.4, 0.5) is 0 Å². The zero-order chi connectivity index (χ0) is 13.8. The van der Waals surface area contributed by atoms with E-state index in [-0.39, 0.29) is 0 Å². The fourth-order valence-electron chi connectivity index (χ4n) is 1.93. The summed E-state index contributed by atoms with van der Waals surface area (Å²) in [6.07, 6.45) is -0.206. The molecule has 0 saturated carbocycles. The maximum absolute atomic E-state index is 10.3. The zero-order valence-electron chi connectivity index (χ0n) is 10.7. The molecule has 0 aliphatic carbocycles. The molecule has 5 heteroatoms. The van der Waals surface area contributed by atoms with Crippen LogP contribution in [0.15, 0.2) is 29.6 Å². The van der Waals surface area contributed by atoms with Crippen molar-refractivity contribution in [2.45, 2.75) is 12.5 Å². The molecule has 1 N–H and O–H groups in total. The van der Waals surface area contributed by atoms with Crippen LogP contribution in [0.2, 0.25) is 5.02 Å². The molecule has 19 heavy (non-hydrogen) atoms. The smallest absolute Gasteiger partial charge is 0.135 e. The van der Waals surface area contributed by atoms with E-state index in [0.29, 0.717) is 17.2 Å². The quantitative estimate of drug-likeness (QED) is 0.915. The maximum Gasteiger partial charge on any atom is 0.135 e. The number of hydrogen-bond donors (Lipinski definition) is 1. The Morgan fingerprint density at radius 2 is 1.95 bits per heavy atom. The molecule has 1 atom stereocenters. The van der Waals surface area contributed by atoms with Crippen LogP contribution in [0, 0.1) is 0 Å². The van der Waals surface area contributed by atoms with Crippen LogP contribution < -0.4 is 9.47 Å². The van der Waals surface area contributed by atoms with E-state index in [9.17, 15) is 5.11 Å². The van der Waals surface area contributed by atoms with Crippen LogP contribution in [0.1, 0.15) is 16.5 Å². The van der Waals surface area contributed by atoms with Crippen molar-refractivity contribution < 1.29 is 14.6 Å². The van der Waals surface area contributed by atoms with Gasteiger partial charge in [0.25, 0.3) is 0 Å². The molecule has 0 radical (unpaired) electrons. The van der Waals surface area contributed by atoms with E-state index in [0.717, 1.165) is 16.2 Å². The molecule has 2 aromatic rings. The fraction of sp³-hybridized carbons (Fsp3) is 0.286. The fourth-order valence-corrected chi connectivity index (χ4v) is 2.97. The van der Waals surface area contributed by atoms with Crippen LogP contribution in [0.25, 0.3) is 0 Å². The van der Waals surface area contributed by atoms with Gasteiger partial charge in [-0.2, -0.15) is 0 Å². The van der Waals surface area contributed by atoms with Gasteiger partial charge in [0.2, 0.25) is 0 Å². The SMILES string of the molecule is COc1ccc(Cl)cc1CC(O)c1sccc1OC. The minimum absolute atomic E-state index is 0.431. The number of aliphatic hydroxyl groups excluding tert-OH is 1. The molecule has 1 heterocycles. The molecule has 1 aromatic heterocycles. The van der Waals surface area contributed by atoms with E-state index in [1.54, 1.807) is 26.4 Å². The molecular formula is C14H15ClO3S. The lowest BCUT2D eigenvalue weighted by molar-refractivity contribution is 0.177. The van der Waals surface area contributed by atoms with Crippen LogP contribution in [-0.4, -0.2) is 19.3 Å². The molecule has 1 unspecified atom stereocenters. The number of thiophene rings is 1. The summed E-state index contributed by atoms with van der Waals surface area (Å²) >= 11 is 7.45. The van der Waals surface area contributed by atoms with Crippen molar-refractivity contribution in [3.8, 4) is 11.5 Å². The van der Waals surface area contributed by atoms with E-state index < -0.39 is 6.10 Å². The first-order valence-corrected chi connectivity index (χ1v) is 7.03. The molecule has 1 aromatic carbocycles. The second kappa shape index (κ2) is 6.28. The number of methoxy groups -OCH3 is 2. The molecule has 0 spiro atoms. The molecule has 0 aliphatic rings. The van der Waals surface area contributed by atoms with E-state index in [1.807, 2.05) is 17.5 Å². The van der Waals surface area contributed by atoms with Crippen molar-refractivity contribution in [1.29, 1.82) is 0 Å². The van der Waals surface area contributed by atoms with Crippen molar-refractivity contribution in [1.82, 2.24) is 0 Å². The Morgan fingerprint density at radius 3 is 2.63 bits per heavy atom. The lowest BCUT2D eigenvalue weighted by Crippen LogP contribution is -2.03. The summed E-state index contributed by atoms with van der Waals surface area (Å²) in [5, 5.41) is 12.8. The third kappa shape index (κ3) is 3.21. The van der Waals surface area contributed by atoms with E-state index >= 15 is 0 Å². The molecular weight excluding hydrogens is 284 g/mol. The highest BCUT2D eigenvalue weighted by Crippen LogP contribution is 2.34. The maximum atomic E-state index is 10.3. The number of ether oxygens (including phenoxy) is 2. The topological polar surface area (TPSA) is 38.7 Å². The van der Waals surface area contributed by atoms with Gasteiger partial charge in [0.15, 0.2) is 0 Å². The van der Waals surface area contributed by atoms with Gasteiger partial charge in [0.05, 0.1) is 25.2 Å². The highest BCUT2D eigenvalue weighted by atomic mass is 35.5. The van der Waals surface area contributed by atoms with Crippen molar-refractivity contribution in [3.05, 3.63) is 45.1 Å². The largest absolute Gasteiger partial charge is 0.496 e. The van der Waals surface area contributed by atoms with Gasteiger partial charge in [-0.15, -0.1) is 11.3 Å². The van der Waals surface area contributed by atoms with Crippen molar-refractivity contribution in [3.63, 3.8) is 0 Å². The van der Waals surface area contributed by atoms with Gasteiger partial charge in [-0.25, -0.2) is 0 Å². The molecule has 2 rings (SSSR count). The van der Waals surface area contributed by atoms with E-state index in [1.165, 1.54) is 11.3 Å². The van der Waals surface area contributed by atoms with Gasteiger partial charge in [-0.3, -0.25) is 0 Å². The summed E-state index contributed by atoms with van der Waals surface area (Å²) in [7, 11) is 3.20. The van der Waals surface area contributed by atoms with E-state index in [2.05, 4.69) is 0 Å². The summed E-state index contributed by atoms with van der Waals surface area (Å²) in [5.41, 5.74) is 0.873. The van der Waals surface area contributed by atoms with E-state index in [4.69, 9.17) is 21.1 Å². The average Bonchev–Trinajstić information content (AvgIpc) is 2.87. The Labute approximate surface area is 121 Å². The molecule has 0 fully saturated rings. The Bertz CT molecular complexity index is 553. The normalized spacial score (nSPS) is 12.2. The summed E-state index contributed by atoms with van der Waals surface area (Å²) in [5.74, 6) is 1.43. The van der Waals surface area contributed by atoms with Gasteiger partial charge in [-0.1, -0.05) is 11.6 Å². The average molecular weight is 299 g/mol. The second-order valence-electron chi connectivity index (χ2n) is 4.03. The van der Waals surface area contributed by atoms with Crippen molar-refractivity contribution in [2.24, 2.45) is 0 Å². The lowest BCUT2D eigenvalue weighted by atomic mass is 10.1. The van der Waals surface area contributed by atoms with Crippen molar-refractivity contribution in [2.75, 3.05) is 14.2 Å². The van der Waals surface area contributed by atoms with Crippen LogP contribution in [0.5, 0.6) is 11.5 Å². The van der Waals surface area contributed by atoms with Gasteiger partial charge in [0.1, 0.15) is 11.5 Å². The van der Waals surface area contributed by atoms with Crippen LogP contribution >= 0.6 is 22.9 Å².